The van der Waals surface area contributed by atoms with E-state index in [1.807, 2.05) is 17.2 Å². The monoisotopic (exact) mass is 619 g/mol. The zero-order chi connectivity index (χ0) is 30.3. The van der Waals surface area contributed by atoms with Gasteiger partial charge in [0.2, 0.25) is 5.95 Å². The van der Waals surface area contributed by atoms with Gasteiger partial charge in [-0.05, 0) is 43.6 Å². The number of nitrogens with one attached hydrogen (secondary N) is 1. The Morgan fingerprint density at radius 3 is 2.47 bits per heavy atom. The van der Waals surface area contributed by atoms with Gasteiger partial charge in [-0.25, -0.2) is 9.97 Å². The molecule has 8 rings (SSSR count). The van der Waals surface area contributed by atoms with E-state index in [0.29, 0.717) is 37.7 Å². The SMILES string of the molecule is O=C1C(C(=O)N2CCN(c3ncccn3)CC2)=CN2C3CC4CCCCC4CC3OC3C(NCCN4CCOCC4)CCC1C32. The van der Waals surface area contributed by atoms with E-state index in [4.69, 9.17) is 9.47 Å². The van der Waals surface area contributed by atoms with Gasteiger partial charge < -0.3 is 29.5 Å². The van der Waals surface area contributed by atoms with Crippen LogP contribution >= 0.6 is 0 Å². The molecule has 45 heavy (non-hydrogen) atoms. The highest BCUT2D eigenvalue weighted by molar-refractivity contribution is 6.20. The maximum absolute atomic E-state index is 14.2. The van der Waals surface area contributed by atoms with Crippen LogP contribution in [0.1, 0.15) is 51.4 Å². The molecule has 1 N–H and O–H groups in total. The minimum atomic E-state index is -0.194. The first kappa shape index (κ1) is 29.8. The van der Waals surface area contributed by atoms with Gasteiger partial charge in [-0.15, -0.1) is 0 Å². The van der Waals surface area contributed by atoms with Crippen molar-refractivity contribution in [1.82, 2.24) is 30.0 Å². The van der Waals surface area contributed by atoms with E-state index >= 15 is 0 Å². The number of aromatic nitrogens is 2. The van der Waals surface area contributed by atoms with E-state index in [2.05, 4.69) is 30.0 Å². The number of carbonyl (C=O) groups excluding carboxylic acids is 2. The molecule has 7 aliphatic rings. The predicted molar refractivity (Wildman–Crippen MR) is 168 cm³/mol. The van der Waals surface area contributed by atoms with Gasteiger partial charge in [-0.3, -0.25) is 14.5 Å². The highest BCUT2D eigenvalue weighted by Crippen LogP contribution is 2.49. The van der Waals surface area contributed by atoms with Crippen molar-refractivity contribution in [3.8, 4) is 0 Å². The molecule has 1 aromatic heterocycles. The first-order valence-electron chi connectivity index (χ1n) is 17.7. The maximum atomic E-state index is 14.2. The molecule has 8 atom stereocenters. The lowest BCUT2D eigenvalue weighted by molar-refractivity contribution is -0.200. The maximum Gasteiger partial charge on any atom is 0.259 e. The first-order chi connectivity index (χ1) is 22.1. The molecule has 11 heteroatoms. The fourth-order valence-corrected chi connectivity index (χ4v) is 9.65. The molecular weight excluding hydrogens is 570 g/mol. The topological polar surface area (TPSA) is 103 Å². The van der Waals surface area contributed by atoms with Crippen molar-refractivity contribution in [3.05, 3.63) is 30.2 Å². The zero-order valence-corrected chi connectivity index (χ0v) is 26.5. The normalized spacial score (nSPS) is 36.9. The minimum Gasteiger partial charge on any atom is -0.379 e. The van der Waals surface area contributed by atoms with Crippen LogP contribution in [-0.4, -0.2) is 132 Å². The summed E-state index contributed by atoms with van der Waals surface area (Å²) < 4.78 is 12.7. The van der Waals surface area contributed by atoms with Gasteiger partial charge in [0.05, 0.1) is 43.1 Å². The summed E-state index contributed by atoms with van der Waals surface area (Å²) in [5.41, 5.74) is 0.393. The molecule has 5 heterocycles. The van der Waals surface area contributed by atoms with Crippen LogP contribution in [0, 0.1) is 17.8 Å². The molecule has 0 bridgehead atoms. The molecule has 244 valence electrons. The lowest BCUT2D eigenvalue weighted by Gasteiger charge is -2.60. The number of Topliss-reactive ketones (excluding diaryl/α,β-unsaturated/α-hetero) is 1. The van der Waals surface area contributed by atoms with Gasteiger partial charge in [-0.1, -0.05) is 25.7 Å². The highest BCUT2D eigenvalue weighted by Gasteiger charge is 2.57. The number of amides is 1. The second kappa shape index (κ2) is 12.9. The average molecular weight is 620 g/mol. The van der Waals surface area contributed by atoms with Crippen molar-refractivity contribution in [2.75, 3.05) is 70.5 Å². The van der Waals surface area contributed by atoms with Crippen molar-refractivity contribution < 1.29 is 19.1 Å². The number of nitrogens with zero attached hydrogens (tertiary/aromatic N) is 6. The largest absolute Gasteiger partial charge is 0.379 e. The molecule has 4 aliphatic heterocycles. The van der Waals surface area contributed by atoms with Crippen LogP contribution in [0.25, 0.3) is 0 Å². The second-order valence-electron chi connectivity index (χ2n) is 14.4. The number of hydrogen-bond acceptors (Lipinski definition) is 10. The molecule has 6 fully saturated rings. The summed E-state index contributed by atoms with van der Waals surface area (Å²) >= 11 is 0. The number of ketones is 1. The third-order valence-corrected chi connectivity index (χ3v) is 12.0. The molecule has 0 aromatic carbocycles. The first-order valence-corrected chi connectivity index (χ1v) is 17.7. The Kier molecular flexibility index (Phi) is 8.53. The van der Waals surface area contributed by atoms with E-state index in [0.717, 1.165) is 76.9 Å². The predicted octanol–water partition coefficient (Wildman–Crippen LogP) is 1.70. The number of morpholine rings is 2. The fraction of sp³-hybridized carbons (Fsp3) is 0.765. The Morgan fingerprint density at radius 1 is 0.933 bits per heavy atom. The van der Waals surface area contributed by atoms with E-state index < -0.39 is 0 Å². The number of fused-ring (bicyclic) bond motifs is 3. The number of carbonyl (C=O) groups is 2. The van der Waals surface area contributed by atoms with Crippen LogP contribution in [0.15, 0.2) is 30.2 Å². The van der Waals surface area contributed by atoms with Gasteiger partial charge >= 0.3 is 0 Å². The van der Waals surface area contributed by atoms with E-state index in [-0.39, 0.29) is 47.9 Å². The molecule has 3 saturated heterocycles. The van der Waals surface area contributed by atoms with Gasteiger partial charge in [0.25, 0.3) is 5.91 Å². The Morgan fingerprint density at radius 2 is 1.69 bits per heavy atom. The zero-order valence-electron chi connectivity index (χ0n) is 26.5. The number of piperazine rings is 1. The molecule has 1 aromatic rings. The number of rotatable bonds is 6. The summed E-state index contributed by atoms with van der Waals surface area (Å²) in [6, 6.07) is 2.26. The third-order valence-electron chi connectivity index (χ3n) is 12.0. The fourth-order valence-electron chi connectivity index (χ4n) is 9.65. The average Bonchev–Trinajstić information content (AvgIpc) is 3.10. The van der Waals surface area contributed by atoms with Gasteiger partial charge in [0.1, 0.15) is 0 Å². The summed E-state index contributed by atoms with van der Waals surface area (Å²) in [7, 11) is 0. The highest BCUT2D eigenvalue weighted by atomic mass is 16.5. The molecule has 3 saturated carbocycles. The lowest BCUT2D eigenvalue weighted by Crippen LogP contribution is -2.71. The van der Waals surface area contributed by atoms with E-state index in [1.165, 1.54) is 25.7 Å². The minimum absolute atomic E-state index is 0.00264. The molecule has 3 aliphatic carbocycles. The smallest absolute Gasteiger partial charge is 0.259 e. The van der Waals surface area contributed by atoms with Gasteiger partial charge in [0.15, 0.2) is 5.78 Å². The summed E-state index contributed by atoms with van der Waals surface area (Å²) in [6.45, 7) is 7.96. The molecule has 11 nitrogen and oxygen atoms in total. The lowest BCUT2D eigenvalue weighted by atomic mass is 9.65. The van der Waals surface area contributed by atoms with Crippen molar-refractivity contribution in [2.24, 2.45) is 17.8 Å². The van der Waals surface area contributed by atoms with Crippen LogP contribution in [-0.2, 0) is 19.1 Å². The Balaban J connectivity index is 1.02. The molecular formula is C34H49N7O4. The van der Waals surface area contributed by atoms with Crippen molar-refractivity contribution >= 4 is 17.6 Å². The molecule has 0 radical (unpaired) electrons. The second-order valence-corrected chi connectivity index (χ2v) is 14.4. The Bertz CT molecular complexity index is 1250. The standard InChI is InChI=1S/C34H49N7O4/c42-31-25-6-7-27(35-10-11-38-16-18-44-19-17-38)32-30(25)41(28-20-23-4-1-2-5-24(23)21-29(28)45-32)22-26(31)33(43)39-12-14-40(15-13-39)34-36-8-3-9-37-34/h3,8-9,22-25,27-30,32,35H,1-2,4-7,10-21H2. The summed E-state index contributed by atoms with van der Waals surface area (Å²) in [6.07, 6.45) is 14.8. The Hall–Kier alpha value is -2.60. The van der Waals surface area contributed by atoms with Crippen LogP contribution in [0.2, 0.25) is 0 Å². The van der Waals surface area contributed by atoms with Crippen molar-refractivity contribution in [1.29, 1.82) is 0 Å². The summed E-state index contributed by atoms with van der Waals surface area (Å²) in [5, 5.41) is 3.87. The molecule has 8 unspecified atom stereocenters. The van der Waals surface area contributed by atoms with Crippen LogP contribution < -0.4 is 10.2 Å². The van der Waals surface area contributed by atoms with Crippen molar-refractivity contribution in [2.45, 2.75) is 81.7 Å². The van der Waals surface area contributed by atoms with Crippen molar-refractivity contribution in [3.63, 3.8) is 0 Å². The molecule has 1 amide bonds. The molecule has 0 spiro atoms. The Labute approximate surface area is 266 Å². The number of hydrogen-bond donors (Lipinski definition) is 1. The van der Waals surface area contributed by atoms with E-state index in [1.54, 1.807) is 12.4 Å². The third kappa shape index (κ3) is 5.79. The summed E-state index contributed by atoms with van der Waals surface area (Å²) in [4.78, 5) is 46.0. The number of ether oxygens (including phenoxy) is 2. The van der Waals surface area contributed by atoms with Gasteiger partial charge in [0, 0.05) is 82.9 Å². The summed E-state index contributed by atoms with van der Waals surface area (Å²) in [5.74, 6) is 1.89. The van der Waals surface area contributed by atoms with Gasteiger partial charge in [-0.2, -0.15) is 0 Å². The van der Waals surface area contributed by atoms with E-state index in [9.17, 15) is 9.59 Å². The van der Waals surface area contributed by atoms with Crippen LogP contribution in [0.4, 0.5) is 5.95 Å². The van der Waals surface area contributed by atoms with Crippen LogP contribution in [0.5, 0.6) is 0 Å². The van der Waals surface area contributed by atoms with Crippen LogP contribution in [0.3, 0.4) is 0 Å². The number of anilines is 1. The quantitative estimate of drug-likeness (QED) is 0.474.